The standard InChI is InChI=1S/C14H17NO3/c1-2-8-15-13(16)9-12(10-14(17)18)11-6-4-3-5-7-11/h2-7,12H,1,8-10H2,(H,15,16)(H,17,18)/t12-/m0/s1. The Kier molecular flexibility index (Phi) is 5.64. The molecule has 0 radical (unpaired) electrons. The SMILES string of the molecule is C=CCNC(=O)C[C@@H](CC(=O)O)c1ccccc1. The van der Waals surface area contributed by atoms with E-state index in [-0.39, 0.29) is 24.7 Å². The molecule has 1 amide bonds. The molecule has 0 fully saturated rings. The molecular weight excluding hydrogens is 230 g/mol. The number of aliphatic carboxylic acids is 1. The van der Waals surface area contributed by atoms with Crippen molar-refractivity contribution in [2.24, 2.45) is 0 Å². The molecule has 18 heavy (non-hydrogen) atoms. The Balaban J connectivity index is 2.70. The van der Waals surface area contributed by atoms with E-state index in [1.807, 2.05) is 30.3 Å². The molecule has 0 saturated carbocycles. The van der Waals surface area contributed by atoms with Crippen molar-refractivity contribution in [2.45, 2.75) is 18.8 Å². The fourth-order valence-electron chi connectivity index (χ4n) is 1.73. The lowest BCUT2D eigenvalue weighted by Crippen LogP contribution is -2.25. The van der Waals surface area contributed by atoms with Gasteiger partial charge in [-0.05, 0) is 5.56 Å². The zero-order chi connectivity index (χ0) is 13.4. The van der Waals surface area contributed by atoms with E-state index in [4.69, 9.17) is 5.11 Å². The molecule has 1 aromatic rings. The highest BCUT2D eigenvalue weighted by molar-refractivity contribution is 5.78. The second-order valence-electron chi connectivity index (χ2n) is 4.00. The number of benzene rings is 1. The lowest BCUT2D eigenvalue weighted by Gasteiger charge is -2.14. The highest BCUT2D eigenvalue weighted by Crippen LogP contribution is 2.23. The summed E-state index contributed by atoms with van der Waals surface area (Å²) in [6.45, 7) is 3.91. The second kappa shape index (κ2) is 7.27. The summed E-state index contributed by atoms with van der Waals surface area (Å²) in [5.74, 6) is -1.36. The Hall–Kier alpha value is -2.10. The Labute approximate surface area is 106 Å². The molecule has 0 heterocycles. The van der Waals surface area contributed by atoms with Crippen molar-refractivity contribution in [3.05, 3.63) is 48.6 Å². The van der Waals surface area contributed by atoms with E-state index >= 15 is 0 Å². The van der Waals surface area contributed by atoms with Gasteiger partial charge in [-0.25, -0.2) is 0 Å². The average molecular weight is 247 g/mol. The van der Waals surface area contributed by atoms with Crippen LogP contribution in [0, 0.1) is 0 Å². The van der Waals surface area contributed by atoms with Crippen molar-refractivity contribution >= 4 is 11.9 Å². The van der Waals surface area contributed by atoms with Crippen molar-refractivity contribution in [1.29, 1.82) is 0 Å². The van der Waals surface area contributed by atoms with Crippen LogP contribution in [0.1, 0.15) is 24.3 Å². The van der Waals surface area contributed by atoms with Gasteiger partial charge in [0, 0.05) is 18.9 Å². The maximum atomic E-state index is 11.6. The van der Waals surface area contributed by atoms with Crippen LogP contribution in [0.2, 0.25) is 0 Å². The predicted molar refractivity (Wildman–Crippen MR) is 69.3 cm³/mol. The van der Waals surface area contributed by atoms with Gasteiger partial charge in [-0.2, -0.15) is 0 Å². The summed E-state index contributed by atoms with van der Waals surface area (Å²) in [7, 11) is 0. The van der Waals surface area contributed by atoms with Crippen molar-refractivity contribution in [3.63, 3.8) is 0 Å². The molecule has 1 rings (SSSR count). The highest BCUT2D eigenvalue weighted by atomic mass is 16.4. The minimum Gasteiger partial charge on any atom is -0.481 e. The van der Waals surface area contributed by atoms with E-state index in [9.17, 15) is 9.59 Å². The maximum Gasteiger partial charge on any atom is 0.303 e. The first-order chi connectivity index (χ1) is 8.63. The van der Waals surface area contributed by atoms with Gasteiger partial charge in [0.05, 0.1) is 6.42 Å². The number of carbonyl (C=O) groups excluding carboxylic acids is 1. The minimum atomic E-state index is -0.902. The normalized spacial score (nSPS) is 11.6. The third kappa shape index (κ3) is 4.82. The molecule has 0 bridgehead atoms. The molecule has 2 N–H and O–H groups in total. The van der Waals surface area contributed by atoms with Crippen LogP contribution < -0.4 is 5.32 Å². The van der Waals surface area contributed by atoms with Crippen LogP contribution in [0.5, 0.6) is 0 Å². The maximum absolute atomic E-state index is 11.6. The van der Waals surface area contributed by atoms with Crippen LogP contribution in [0.15, 0.2) is 43.0 Å². The van der Waals surface area contributed by atoms with Crippen LogP contribution >= 0.6 is 0 Å². The summed E-state index contributed by atoms with van der Waals surface area (Å²) in [5, 5.41) is 11.5. The van der Waals surface area contributed by atoms with Gasteiger partial charge in [0.1, 0.15) is 0 Å². The molecule has 1 atom stereocenters. The van der Waals surface area contributed by atoms with Crippen LogP contribution in [-0.2, 0) is 9.59 Å². The fraction of sp³-hybridized carbons (Fsp3) is 0.286. The molecule has 0 spiro atoms. The first-order valence-electron chi connectivity index (χ1n) is 5.77. The first-order valence-corrected chi connectivity index (χ1v) is 5.77. The molecule has 0 aliphatic heterocycles. The Morgan fingerprint density at radius 3 is 2.50 bits per heavy atom. The van der Waals surface area contributed by atoms with Crippen molar-refractivity contribution in [3.8, 4) is 0 Å². The van der Waals surface area contributed by atoms with E-state index < -0.39 is 5.97 Å². The number of nitrogens with one attached hydrogen (secondary N) is 1. The smallest absolute Gasteiger partial charge is 0.303 e. The molecule has 0 aliphatic carbocycles. The summed E-state index contributed by atoms with van der Waals surface area (Å²) in [4.78, 5) is 22.4. The summed E-state index contributed by atoms with van der Waals surface area (Å²) in [6.07, 6.45) is 1.71. The van der Waals surface area contributed by atoms with Gasteiger partial charge in [-0.1, -0.05) is 36.4 Å². The van der Waals surface area contributed by atoms with Crippen molar-refractivity contribution < 1.29 is 14.7 Å². The summed E-state index contributed by atoms with van der Waals surface area (Å²) >= 11 is 0. The van der Waals surface area contributed by atoms with E-state index in [1.165, 1.54) is 0 Å². The molecule has 0 aromatic heterocycles. The molecule has 4 nitrogen and oxygen atoms in total. The third-order valence-corrected chi connectivity index (χ3v) is 2.57. The van der Waals surface area contributed by atoms with E-state index in [0.717, 1.165) is 5.56 Å². The van der Waals surface area contributed by atoms with E-state index in [1.54, 1.807) is 6.08 Å². The van der Waals surface area contributed by atoms with Gasteiger partial charge < -0.3 is 10.4 Å². The molecule has 4 heteroatoms. The van der Waals surface area contributed by atoms with Gasteiger partial charge in [-0.3, -0.25) is 9.59 Å². The van der Waals surface area contributed by atoms with Crippen LogP contribution in [0.4, 0.5) is 0 Å². The highest BCUT2D eigenvalue weighted by Gasteiger charge is 2.18. The monoisotopic (exact) mass is 247 g/mol. The average Bonchev–Trinajstić information content (AvgIpc) is 2.36. The topological polar surface area (TPSA) is 66.4 Å². The first kappa shape index (κ1) is 14.0. The summed E-state index contributed by atoms with van der Waals surface area (Å²) in [6, 6.07) is 9.22. The second-order valence-corrected chi connectivity index (χ2v) is 4.00. The number of hydrogen-bond acceptors (Lipinski definition) is 2. The molecule has 0 aliphatic rings. The zero-order valence-electron chi connectivity index (χ0n) is 10.1. The van der Waals surface area contributed by atoms with Gasteiger partial charge >= 0.3 is 5.97 Å². The van der Waals surface area contributed by atoms with E-state index in [2.05, 4.69) is 11.9 Å². The minimum absolute atomic E-state index is 0.0501. The number of carboxylic acids is 1. The Morgan fingerprint density at radius 1 is 1.28 bits per heavy atom. The Morgan fingerprint density at radius 2 is 1.94 bits per heavy atom. The van der Waals surface area contributed by atoms with E-state index in [0.29, 0.717) is 6.54 Å². The zero-order valence-corrected chi connectivity index (χ0v) is 10.1. The predicted octanol–water partition coefficient (Wildman–Crippen LogP) is 1.94. The third-order valence-electron chi connectivity index (χ3n) is 2.57. The number of carbonyl (C=O) groups is 2. The van der Waals surface area contributed by atoms with Gasteiger partial charge in [-0.15, -0.1) is 6.58 Å². The van der Waals surface area contributed by atoms with Crippen molar-refractivity contribution in [2.75, 3.05) is 6.54 Å². The van der Waals surface area contributed by atoms with Gasteiger partial charge in [0.25, 0.3) is 0 Å². The van der Waals surface area contributed by atoms with Crippen LogP contribution in [0.3, 0.4) is 0 Å². The number of amides is 1. The van der Waals surface area contributed by atoms with Crippen molar-refractivity contribution in [1.82, 2.24) is 5.32 Å². The molecule has 0 unspecified atom stereocenters. The van der Waals surface area contributed by atoms with Gasteiger partial charge in [0.15, 0.2) is 0 Å². The molecule has 96 valence electrons. The molecule has 0 saturated heterocycles. The Bertz CT molecular complexity index is 414. The number of rotatable bonds is 7. The summed E-state index contributed by atoms with van der Waals surface area (Å²) < 4.78 is 0. The van der Waals surface area contributed by atoms with Gasteiger partial charge in [0.2, 0.25) is 5.91 Å². The number of carboxylic acid groups (broad SMARTS) is 1. The lowest BCUT2D eigenvalue weighted by molar-refractivity contribution is -0.137. The summed E-state index contributed by atoms with van der Waals surface area (Å²) in [5.41, 5.74) is 0.869. The largest absolute Gasteiger partial charge is 0.481 e. The van der Waals surface area contributed by atoms with Crippen LogP contribution in [0.25, 0.3) is 0 Å². The molecular formula is C14H17NO3. The molecule has 1 aromatic carbocycles. The number of hydrogen-bond donors (Lipinski definition) is 2. The van der Waals surface area contributed by atoms with Crippen LogP contribution in [-0.4, -0.2) is 23.5 Å². The lowest BCUT2D eigenvalue weighted by atomic mass is 9.92. The quantitative estimate of drug-likeness (QED) is 0.723. The fourth-order valence-corrected chi connectivity index (χ4v) is 1.73.